The quantitative estimate of drug-likeness (QED) is 0.122. The number of thioether (sulfide) groups is 1. The average Bonchev–Trinajstić information content (AvgIpc) is 3.43. The number of benzene rings is 5. The van der Waals surface area contributed by atoms with Crippen LogP contribution < -0.4 is 0 Å². The van der Waals surface area contributed by atoms with Crippen molar-refractivity contribution in [1.29, 1.82) is 0 Å². The normalized spacial score (nSPS) is 11.8. The summed E-state index contributed by atoms with van der Waals surface area (Å²) in [5, 5.41) is 5.11. The molecule has 0 N–H and O–H groups in total. The summed E-state index contributed by atoms with van der Waals surface area (Å²) >= 11 is 3.67. The first-order valence-corrected chi connectivity index (χ1v) is 14.0. The minimum atomic E-state index is 1.21. The minimum Gasteiger partial charge on any atom is -0.135 e. The van der Waals surface area contributed by atoms with Gasteiger partial charge in [-0.1, -0.05) is 133 Å². The first kappa shape index (κ1) is 23.5. The molecule has 37 heavy (non-hydrogen) atoms. The van der Waals surface area contributed by atoms with Crippen LogP contribution in [0, 0.1) is 6.92 Å². The van der Waals surface area contributed by atoms with Gasteiger partial charge in [-0.3, -0.25) is 0 Å². The molecule has 0 amide bonds. The number of allylic oxidation sites excluding steroid dienone is 2. The van der Waals surface area contributed by atoms with Crippen molar-refractivity contribution in [3.63, 3.8) is 0 Å². The summed E-state index contributed by atoms with van der Waals surface area (Å²) in [5.41, 5.74) is 5.08. The maximum absolute atomic E-state index is 4.03. The van der Waals surface area contributed by atoms with Gasteiger partial charge in [-0.2, -0.15) is 0 Å². The van der Waals surface area contributed by atoms with E-state index in [2.05, 4.69) is 135 Å². The lowest BCUT2D eigenvalue weighted by Gasteiger charge is -2.18. The van der Waals surface area contributed by atoms with Crippen LogP contribution in [0.15, 0.2) is 139 Å². The summed E-state index contributed by atoms with van der Waals surface area (Å²) in [6, 6.07) is 41.5. The highest BCUT2D eigenvalue weighted by atomic mass is 32.2. The zero-order chi connectivity index (χ0) is 25.2. The highest BCUT2D eigenvalue weighted by Crippen LogP contribution is 2.48. The van der Waals surface area contributed by atoms with Crippen LogP contribution in [0.2, 0.25) is 0 Å². The lowest BCUT2D eigenvalue weighted by Crippen LogP contribution is -1.90. The van der Waals surface area contributed by atoms with Crippen molar-refractivity contribution < 1.29 is 0 Å². The van der Waals surface area contributed by atoms with Crippen molar-refractivity contribution in [3.8, 4) is 21.6 Å². The molecule has 0 unspecified atom stereocenters. The van der Waals surface area contributed by atoms with Crippen LogP contribution in [0.3, 0.4) is 0 Å². The van der Waals surface area contributed by atoms with E-state index in [0.717, 1.165) is 0 Å². The molecule has 0 radical (unpaired) electrons. The first-order chi connectivity index (χ1) is 18.2. The van der Waals surface area contributed by atoms with E-state index in [1.807, 2.05) is 29.2 Å². The maximum Gasteiger partial charge on any atom is 0.0416 e. The Morgan fingerprint density at radius 2 is 1.30 bits per heavy atom. The van der Waals surface area contributed by atoms with Gasteiger partial charge in [0.15, 0.2) is 0 Å². The highest BCUT2D eigenvalue weighted by molar-refractivity contribution is 8.09. The van der Waals surface area contributed by atoms with Crippen molar-refractivity contribution in [2.24, 2.45) is 0 Å². The Kier molecular flexibility index (Phi) is 6.53. The molecule has 0 saturated carbocycles. The SMILES string of the molecule is C=C/C=C(\Sc1c2ccccc2c(-c2cccc(C)c2)c2ccccc12)c1ccc(-c2ccccc2)s1. The third-order valence-corrected chi connectivity index (χ3v) is 9.09. The van der Waals surface area contributed by atoms with E-state index in [0.29, 0.717) is 0 Å². The molecule has 1 heterocycles. The number of hydrogen-bond donors (Lipinski definition) is 0. The van der Waals surface area contributed by atoms with Gasteiger partial charge < -0.3 is 0 Å². The number of fused-ring (bicyclic) bond motifs is 2. The molecule has 6 aromatic rings. The van der Waals surface area contributed by atoms with Gasteiger partial charge >= 0.3 is 0 Å². The van der Waals surface area contributed by atoms with E-state index < -0.39 is 0 Å². The van der Waals surface area contributed by atoms with Gasteiger partial charge in [-0.15, -0.1) is 11.3 Å². The molecule has 0 spiro atoms. The molecule has 0 aliphatic heterocycles. The second kappa shape index (κ2) is 10.3. The number of aryl methyl sites for hydroxylation is 1. The largest absolute Gasteiger partial charge is 0.135 e. The summed E-state index contributed by atoms with van der Waals surface area (Å²) in [7, 11) is 0. The Morgan fingerprint density at radius 3 is 1.95 bits per heavy atom. The lowest BCUT2D eigenvalue weighted by molar-refractivity contribution is 1.47. The summed E-state index contributed by atoms with van der Waals surface area (Å²) in [5.74, 6) is 0. The van der Waals surface area contributed by atoms with E-state index in [-0.39, 0.29) is 0 Å². The van der Waals surface area contributed by atoms with Crippen LogP contribution in [0.4, 0.5) is 0 Å². The molecule has 0 aliphatic rings. The van der Waals surface area contributed by atoms with Crippen LogP contribution in [0.25, 0.3) is 48.0 Å². The van der Waals surface area contributed by atoms with Gasteiger partial charge in [0.2, 0.25) is 0 Å². The molecule has 0 nitrogen and oxygen atoms in total. The van der Waals surface area contributed by atoms with Gasteiger partial charge in [0, 0.05) is 19.6 Å². The highest BCUT2D eigenvalue weighted by Gasteiger charge is 2.18. The van der Waals surface area contributed by atoms with E-state index >= 15 is 0 Å². The lowest BCUT2D eigenvalue weighted by atomic mass is 9.91. The smallest absolute Gasteiger partial charge is 0.0416 e. The molecular weight excluding hydrogens is 485 g/mol. The number of thiophene rings is 1. The van der Waals surface area contributed by atoms with Gasteiger partial charge in [0.25, 0.3) is 0 Å². The Hall–Kier alpha value is -3.85. The summed E-state index contributed by atoms with van der Waals surface area (Å²) in [4.78, 5) is 5.02. The average molecular weight is 511 g/mol. The van der Waals surface area contributed by atoms with Crippen LogP contribution >= 0.6 is 23.1 Å². The van der Waals surface area contributed by atoms with Crippen molar-refractivity contribution >= 4 is 49.5 Å². The predicted molar refractivity (Wildman–Crippen MR) is 165 cm³/mol. The molecule has 1 aromatic heterocycles. The fraction of sp³-hybridized carbons (Fsp3) is 0.0286. The molecule has 5 aromatic carbocycles. The van der Waals surface area contributed by atoms with Crippen LogP contribution in [-0.4, -0.2) is 0 Å². The summed E-state index contributed by atoms with van der Waals surface area (Å²) < 4.78 is 0. The third kappa shape index (κ3) is 4.55. The molecule has 2 heteroatoms. The number of hydrogen-bond acceptors (Lipinski definition) is 2. The second-order valence-corrected chi connectivity index (χ2v) is 11.2. The molecule has 0 fully saturated rings. The minimum absolute atomic E-state index is 1.21. The fourth-order valence-electron chi connectivity index (χ4n) is 4.92. The van der Waals surface area contributed by atoms with Gasteiger partial charge in [0.1, 0.15) is 0 Å². The fourth-order valence-corrected chi connectivity index (χ4v) is 7.23. The third-order valence-electron chi connectivity index (χ3n) is 6.58. The summed E-state index contributed by atoms with van der Waals surface area (Å²) in [6.07, 6.45) is 4.04. The Bertz CT molecular complexity index is 1710. The van der Waals surface area contributed by atoms with E-state index in [1.165, 1.54) is 63.4 Å². The number of rotatable bonds is 6. The topological polar surface area (TPSA) is 0 Å². The van der Waals surface area contributed by atoms with Crippen molar-refractivity contribution in [3.05, 3.63) is 144 Å². The maximum atomic E-state index is 4.03. The van der Waals surface area contributed by atoms with Crippen molar-refractivity contribution in [2.75, 3.05) is 0 Å². The molecule has 0 atom stereocenters. The molecule has 0 aliphatic carbocycles. The van der Waals surface area contributed by atoms with Crippen LogP contribution in [0.1, 0.15) is 10.4 Å². The van der Waals surface area contributed by atoms with Gasteiger partial charge in [0.05, 0.1) is 0 Å². The molecular formula is C35H26S2. The first-order valence-electron chi connectivity index (χ1n) is 12.4. The van der Waals surface area contributed by atoms with E-state index in [4.69, 9.17) is 0 Å². The predicted octanol–water partition coefficient (Wildman–Crippen LogP) is 11.0. The molecule has 0 saturated heterocycles. The van der Waals surface area contributed by atoms with E-state index in [9.17, 15) is 0 Å². The zero-order valence-electron chi connectivity index (χ0n) is 20.6. The van der Waals surface area contributed by atoms with Gasteiger partial charge in [-0.25, -0.2) is 0 Å². The standard InChI is InChI=1S/C35H26S2/c1-3-12-32(33-22-21-31(36-33)25-14-5-4-6-15-25)37-35-29-19-9-7-17-27(29)34(26-16-11-13-24(2)23-26)28-18-8-10-20-30(28)35/h3-23H,1H2,2H3/b32-12-. The second-order valence-electron chi connectivity index (χ2n) is 9.06. The Labute approximate surface area is 226 Å². The Balaban J connectivity index is 1.54. The molecule has 178 valence electrons. The van der Waals surface area contributed by atoms with Gasteiger partial charge in [-0.05, 0) is 63.4 Å². The summed E-state index contributed by atoms with van der Waals surface area (Å²) in [6.45, 7) is 6.20. The zero-order valence-corrected chi connectivity index (χ0v) is 22.3. The van der Waals surface area contributed by atoms with Crippen LogP contribution in [-0.2, 0) is 0 Å². The van der Waals surface area contributed by atoms with Crippen molar-refractivity contribution in [2.45, 2.75) is 11.8 Å². The Morgan fingerprint density at radius 1 is 0.676 bits per heavy atom. The monoisotopic (exact) mass is 510 g/mol. The molecule has 0 bridgehead atoms. The van der Waals surface area contributed by atoms with Crippen LogP contribution in [0.5, 0.6) is 0 Å². The molecule has 6 rings (SSSR count). The van der Waals surface area contributed by atoms with Crippen molar-refractivity contribution in [1.82, 2.24) is 0 Å². The van der Waals surface area contributed by atoms with E-state index in [1.54, 1.807) is 0 Å².